The Morgan fingerprint density at radius 2 is 0.761 bits per heavy atom. The number of quaternary nitrogens is 1. The van der Waals surface area contributed by atoms with Crippen molar-refractivity contribution in [3.8, 4) is 0 Å². The maximum absolute atomic E-state index is 13.4. The fourth-order valence-electron chi connectivity index (χ4n) is 17.5. The number of aliphatic hydroxyl groups is 2. The predicted molar refractivity (Wildman–Crippen MR) is 402 cm³/mol. The number of fused-ring (bicyclic) bond motifs is 4. The van der Waals surface area contributed by atoms with E-state index in [9.17, 15) is 111 Å². The molecule has 0 amide bonds. The van der Waals surface area contributed by atoms with Crippen LogP contribution in [0.25, 0.3) is 0 Å². The van der Waals surface area contributed by atoms with Crippen LogP contribution in [0.3, 0.4) is 0 Å². The van der Waals surface area contributed by atoms with Gasteiger partial charge in [0.15, 0.2) is 39.5 Å². The van der Waals surface area contributed by atoms with Crippen LogP contribution in [0.5, 0.6) is 0 Å². The molecule has 7 aromatic carbocycles. The van der Waals surface area contributed by atoms with Crippen molar-refractivity contribution in [1.82, 2.24) is 0 Å². The number of ether oxygens (including phenoxy) is 2. The third-order valence-corrected chi connectivity index (χ3v) is 32.0. The molecule has 20 nitrogen and oxygen atoms in total. The lowest BCUT2D eigenvalue weighted by Crippen LogP contribution is -2.58. The Kier molecular flexibility index (Phi) is 27.7. The van der Waals surface area contributed by atoms with E-state index >= 15 is 0 Å². The summed E-state index contributed by atoms with van der Waals surface area (Å²) >= 11 is 0. The Balaban J connectivity index is 0.000000153. The number of alkyl halides is 11. The first-order valence-corrected chi connectivity index (χ1v) is 46.6. The summed E-state index contributed by atoms with van der Waals surface area (Å²) in [6.07, 6.45) is -4.49. The van der Waals surface area contributed by atoms with Crippen molar-refractivity contribution in [3.05, 3.63) is 193 Å². The number of hydrogen-bond acceptors (Lipinski definition) is 19. The van der Waals surface area contributed by atoms with Gasteiger partial charge >= 0.3 is 29.8 Å². The van der Waals surface area contributed by atoms with Gasteiger partial charge in [-0.3, -0.25) is 9.59 Å². The van der Waals surface area contributed by atoms with E-state index in [1.165, 1.54) is 42.0 Å². The molecule has 17 rings (SSSR count). The first kappa shape index (κ1) is 92.2. The maximum atomic E-state index is 13.4. The Bertz CT molecular complexity index is 4950. The summed E-state index contributed by atoms with van der Waals surface area (Å²) in [5, 5.41) is 21.2. The van der Waals surface area contributed by atoms with Gasteiger partial charge in [0.1, 0.15) is 60.3 Å². The molecule has 0 spiro atoms. The van der Waals surface area contributed by atoms with Gasteiger partial charge in [0.25, 0.3) is 0 Å². The van der Waals surface area contributed by atoms with Crippen molar-refractivity contribution in [1.29, 1.82) is 0 Å². The van der Waals surface area contributed by atoms with E-state index in [2.05, 4.69) is 51.5 Å². The first-order chi connectivity index (χ1) is 54.1. The van der Waals surface area contributed by atoms with Crippen molar-refractivity contribution >= 4 is 83.8 Å². The van der Waals surface area contributed by atoms with E-state index in [1.54, 1.807) is 84.9 Å². The molecule has 0 radical (unpaired) electrons. The number of benzene rings is 7. The number of esters is 2. The van der Waals surface area contributed by atoms with E-state index in [0.29, 0.717) is 91.6 Å². The largest absolute Gasteiger partial charge is 0.748 e. The van der Waals surface area contributed by atoms with Gasteiger partial charge in [0.2, 0.25) is 19.7 Å². The van der Waals surface area contributed by atoms with Crippen LogP contribution in [-0.2, 0) is 110 Å². The van der Waals surface area contributed by atoms with Crippen LogP contribution in [0, 0.1) is 34.5 Å². The van der Waals surface area contributed by atoms with Gasteiger partial charge in [-0.25, -0.2) is 50.9 Å². The van der Waals surface area contributed by atoms with Gasteiger partial charge in [-0.05, 0) is 174 Å². The fraction of sp³-hybridized carbons (Fsp3) is 0.443. The zero-order chi connectivity index (χ0) is 86.1. The Labute approximate surface area is 677 Å². The van der Waals surface area contributed by atoms with Crippen LogP contribution < -0.4 is 0 Å². The van der Waals surface area contributed by atoms with E-state index < -0.39 is 159 Å². The molecule has 8 bridgehead atoms. The lowest BCUT2D eigenvalue weighted by Gasteiger charge is -2.58. The molecule has 6 atom stereocenters. The number of rotatable bonds is 16. The quantitative estimate of drug-likeness (QED) is 0.0227. The number of sulfone groups is 2. The first-order valence-electron chi connectivity index (χ1n) is 36.6. The molecular weight excluding hydrogens is 1700 g/mol. The maximum Gasteiger partial charge on any atom is 0.485 e. The minimum absolute atomic E-state index is 0.152. The Morgan fingerprint density at radius 3 is 1.03 bits per heavy atom. The minimum atomic E-state index is -6.09. The van der Waals surface area contributed by atoms with Gasteiger partial charge in [-0.1, -0.05) is 91.0 Å². The Morgan fingerprint density at radius 1 is 0.470 bits per heavy atom. The van der Waals surface area contributed by atoms with Gasteiger partial charge in [-0.15, -0.1) is 0 Å². The monoisotopic (exact) mass is 1780 g/mol. The molecule has 0 aromatic heterocycles. The van der Waals surface area contributed by atoms with Crippen molar-refractivity contribution in [2.75, 3.05) is 45.9 Å². The van der Waals surface area contributed by atoms with E-state index in [1.807, 2.05) is 0 Å². The van der Waals surface area contributed by atoms with Gasteiger partial charge in [-0.2, -0.15) is 39.5 Å². The highest BCUT2D eigenvalue weighted by atomic mass is 32.2. The molecule has 2 heterocycles. The van der Waals surface area contributed by atoms with Crippen LogP contribution in [0.2, 0.25) is 0 Å². The number of nitrogens with zero attached hydrogens (tertiary/aromatic N) is 1. The molecule has 8 fully saturated rings. The van der Waals surface area contributed by atoms with Crippen LogP contribution >= 0.6 is 0 Å². The highest BCUT2D eigenvalue weighted by molar-refractivity contribution is 8.01. The molecule has 117 heavy (non-hydrogen) atoms. The molecule has 638 valence electrons. The summed E-state index contributed by atoms with van der Waals surface area (Å²) in [7, 11) is -18.0. The number of hydrogen-bond donors (Lipinski definition) is 2. The lowest BCUT2D eigenvalue weighted by atomic mass is 9.48. The second kappa shape index (κ2) is 35.2. The topological polar surface area (TPSA) is 333 Å². The van der Waals surface area contributed by atoms with Crippen molar-refractivity contribution in [2.24, 2.45) is 34.5 Å². The molecule has 7 aromatic rings. The molecular formula is C79H84F11NO19S7. The summed E-state index contributed by atoms with van der Waals surface area (Å²) in [5.74, 6) is -1.66. The molecule has 8 saturated carbocycles. The highest BCUT2D eigenvalue weighted by Crippen LogP contribution is 2.64. The molecule has 8 aliphatic carbocycles. The van der Waals surface area contributed by atoms with E-state index in [0.717, 1.165) is 73.8 Å². The number of carbonyl (C=O) groups excluding carboxylic acids is 2. The van der Waals surface area contributed by atoms with E-state index in [4.69, 9.17) is 22.4 Å². The van der Waals surface area contributed by atoms with Crippen LogP contribution in [0.15, 0.2) is 225 Å². The number of halogens is 11. The van der Waals surface area contributed by atoms with Gasteiger partial charge in [0.05, 0.1) is 99.3 Å². The zero-order valence-corrected chi connectivity index (χ0v) is 68.7. The Hall–Kier alpha value is -7.08. The van der Waals surface area contributed by atoms with Crippen LogP contribution in [0.1, 0.15) is 107 Å². The SMILES string of the molecule is C[N+](C)(C)Cc1ccccc1.O=C(OCCC(F)CS(=O)(=O)[O-])C12CC3CC(CC(O)(C3)C1)C2.O=C(OCCC(F)CS(=O)(=O)[O-])C12CC3CC(CC(O)(C3)C1)C2.O=S(=O)([O-])C(F)(F)F.O=S1(=O)c2ccccc2[S+](c2cccc(C(F)(F)F)c2)c2ccccc21.O=S1(=O)c2ccccc2[S+](c2cccc(C(F)(F)F)c2)c2ccccc21. The average molecular weight is 1780 g/mol. The third kappa shape index (κ3) is 23.0. The molecule has 2 N–H and O–H groups in total. The number of carbonyl (C=O) groups is 2. The minimum Gasteiger partial charge on any atom is -0.748 e. The van der Waals surface area contributed by atoms with Gasteiger partial charge in [0, 0.05) is 30.5 Å². The fourth-order valence-corrected chi connectivity index (χ4v) is 28.2. The van der Waals surface area contributed by atoms with Crippen molar-refractivity contribution < 1.29 is 138 Å². The predicted octanol–water partition coefficient (Wildman–Crippen LogP) is 14.1. The summed E-state index contributed by atoms with van der Waals surface area (Å²) in [6, 6.07) is 46.8. The average Bonchev–Trinajstić information content (AvgIpc) is 0.747. The lowest BCUT2D eigenvalue weighted by molar-refractivity contribution is -0.884. The molecule has 6 unspecified atom stereocenters. The van der Waals surface area contributed by atoms with Crippen molar-refractivity contribution in [2.45, 2.75) is 187 Å². The normalized spacial score (nSPS) is 24.9. The standard InChI is InChI=1S/2C19H12F3O2S2.2C15H23FO6S.C10H16N.CHF3O3S/c2*20-19(21,22)13-6-5-7-14(12-13)25-15-8-1-3-10-17(15)26(23,24)18-11-4-2-9-16(18)25;2*16-12(8-23(19,20)21)1-2-22-13(17)14-4-10-3-11(5-14)7-15(18,6-10)9-14;1-11(2,3)9-10-7-5-4-6-8-10;2-1(3,4)8(5,6)7/h2*1-12H;2*10-12,18H,1-9H2,(H,19,20,21);4-8H,9H2,1-3H3;(H,5,6,7)/q2*+1;;;+1;/p-3. The summed E-state index contributed by atoms with van der Waals surface area (Å²) in [4.78, 5) is 28.5. The molecule has 38 heteroatoms. The molecule has 0 saturated heterocycles. The summed E-state index contributed by atoms with van der Waals surface area (Å²) in [5.41, 5.74) is -8.63. The van der Waals surface area contributed by atoms with Crippen LogP contribution in [-0.4, -0.2) is 157 Å². The summed E-state index contributed by atoms with van der Waals surface area (Å²) < 4.78 is 290. The highest BCUT2D eigenvalue weighted by Gasteiger charge is 2.63. The zero-order valence-electron chi connectivity index (χ0n) is 62.9. The third-order valence-electron chi connectivity index (χ3n) is 21.0. The second-order valence-corrected chi connectivity index (χ2v) is 43.7. The van der Waals surface area contributed by atoms with Crippen LogP contribution in [0.4, 0.5) is 48.3 Å². The summed E-state index contributed by atoms with van der Waals surface area (Å²) in [6.45, 7) is 0.608. The van der Waals surface area contributed by atoms with Gasteiger partial charge < -0.3 is 37.8 Å². The van der Waals surface area contributed by atoms with Crippen molar-refractivity contribution in [3.63, 3.8) is 0 Å². The molecule has 2 aliphatic heterocycles. The molecule has 10 aliphatic rings. The second-order valence-electron chi connectivity index (χ2n) is 31.7. The smallest absolute Gasteiger partial charge is 0.485 e. The van der Waals surface area contributed by atoms with E-state index in [-0.39, 0.29) is 45.6 Å².